The van der Waals surface area contributed by atoms with Gasteiger partial charge >= 0.3 is 0 Å². The van der Waals surface area contributed by atoms with Crippen molar-refractivity contribution in [1.82, 2.24) is 20.4 Å². The third-order valence-electron chi connectivity index (χ3n) is 5.65. The number of rotatable bonds is 5. The maximum Gasteiger partial charge on any atom is 0.191 e. The molecule has 0 aromatic heterocycles. The largest absolute Gasteiger partial charge is 0.355 e. The van der Waals surface area contributed by atoms with Crippen molar-refractivity contribution < 1.29 is 8.42 Å². The van der Waals surface area contributed by atoms with E-state index in [1.54, 1.807) is 0 Å². The second-order valence-electron chi connectivity index (χ2n) is 7.75. The smallest absolute Gasteiger partial charge is 0.191 e. The first-order chi connectivity index (χ1) is 11.6. The molecule has 5 aliphatic rings. The van der Waals surface area contributed by atoms with Gasteiger partial charge in [-0.2, -0.15) is 0 Å². The fraction of sp³-hybridized carbons (Fsp3) is 0.938. The van der Waals surface area contributed by atoms with E-state index >= 15 is 0 Å². The Morgan fingerprint density at radius 1 is 1.12 bits per heavy atom. The molecular formula is C16H29N5O2S. The van der Waals surface area contributed by atoms with Crippen LogP contribution in [0.25, 0.3) is 0 Å². The number of piperazine rings is 3. The van der Waals surface area contributed by atoms with Crippen LogP contribution in [0.2, 0.25) is 0 Å². The topological polar surface area (TPSA) is 77.0 Å². The minimum Gasteiger partial charge on any atom is -0.355 e. The Hall–Kier alpha value is -0.860. The summed E-state index contributed by atoms with van der Waals surface area (Å²) in [6, 6.07) is 1.11. The van der Waals surface area contributed by atoms with Crippen LogP contribution in [0, 0.1) is 5.92 Å². The highest BCUT2D eigenvalue weighted by Gasteiger charge is 2.32. The lowest BCUT2D eigenvalue weighted by Crippen LogP contribution is -2.63. The van der Waals surface area contributed by atoms with Crippen LogP contribution in [-0.4, -0.2) is 93.6 Å². The number of sulfone groups is 1. The van der Waals surface area contributed by atoms with Crippen molar-refractivity contribution >= 4 is 15.8 Å². The predicted octanol–water partition coefficient (Wildman–Crippen LogP) is -0.881. The van der Waals surface area contributed by atoms with Gasteiger partial charge in [0, 0.05) is 57.9 Å². The van der Waals surface area contributed by atoms with Crippen molar-refractivity contribution in [2.45, 2.75) is 31.3 Å². The standard InChI is InChI=1S/C16H29N5O2S/c22-24(23)8-3-13(12-24)9-17-16(19-14-1-2-14)18-10-15-11-20-4-6-21(15)7-5-20/h13-15H,1-12H2,(H2,17,18,19). The van der Waals surface area contributed by atoms with E-state index < -0.39 is 9.84 Å². The number of guanidine groups is 1. The molecule has 8 heteroatoms. The maximum atomic E-state index is 11.6. The lowest BCUT2D eigenvalue weighted by atomic mass is 10.1. The summed E-state index contributed by atoms with van der Waals surface area (Å²) in [6.45, 7) is 7.43. The molecule has 7 nitrogen and oxygen atoms in total. The molecule has 5 fully saturated rings. The average Bonchev–Trinajstić information content (AvgIpc) is 3.33. The zero-order valence-electron chi connectivity index (χ0n) is 14.3. The van der Waals surface area contributed by atoms with Crippen molar-refractivity contribution in [3.05, 3.63) is 0 Å². The molecule has 0 amide bonds. The van der Waals surface area contributed by atoms with E-state index in [1.807, 2.05) is 0 Å². The van der Waals surface area contributed by atoms with Gasteiger partial charge in [0.15, 0.2) is 15.8 Å². The Labute approximate surface area is 144 Å². The second kappa shape index (κ2) is 6.80. The molecule has 5 rings (SSSR count). The van der Waals surface area contributed by atoms with Crippen LogP contribution in [-0.2, 0) is 9.84 Å². The summed E-state index contributed by atoms with van der Waals surface area (Å²) >= 11 is 0. The molecule has 2 bridgehead atoms. The number of hydrogen-bond donors (Lipinski definition) is 2. The Morgan fingerprint density at radius 2 is 1.92 bits per heavy atom. The normalized spacial score (nSPS) is 38.2. The van der Waals surface area contributed by atoms with Gasteiger partial charge in [-0.05, 0) is 25.2 Å². The zero-order valence-corrected chi connectivity index (χ0v) is 15.1. The Bertz CT molecular complexity index is 581. The first-order valence-electron chi connectivity index (χ1n) is 9.29. The van der Waals surface area contributed by atoms with Crippen molar-refractivity contribution in [3.63, 3.8) is 0 Å². The Morgan fingerprint density at radius 3 is 2.50 bits per heavy atom. The van der Waals surface area contributed by atoms with Crippen LogP contribution in [0.15, 0.2) is 4.99 Å². The lowest BCUT2D eigenvalue weighted by Gasteiger charge is -2.47. The zero-order chi connectivity index (χ0) is 16.6. The highest BCUT2D eigenvalue weighted by atomic mass is 32.2. The summed E-state index contributed by atoms with van der Waals surface area (Å²) in [5, 5.41) is 6.99. The molecule has 0 spiro atoms. The van der Waals surface area contributed by atoms with E-state index in [2.05, 4.69) is 20.4 Å². The molecule has 0 aromatic carbocycles. The minimum atomic E-state index is -2.81. The van der Waals surface area contributed by atoms with Gasteiger partial charge in [0.05, 0.1) is 11.5 Å². The third kappa shape index (κ3) is 4.21. The fourth-order valence-corrected chi connectivity index (χ4v) is 5.79. The van der Waals surface area contributed by atoms with Crippen LogP contribution in [0.1, 0.15) is 19.3 Å². The van der Waals surface area contributed by atoms with Crippen molar-refractivity contribution in [2.75, 3.05) is 57.3 Å². The number of nitrogens with zero attached hydrogens (tertiary/aromatic N) is 3. The molecule has 4 heterocycles. The quantitative estimate of drug-likeness (QED) is 0.493. The summed E-state index contributed by atoms with van der Waals surface area (Å²) in [6.07, 6.45) is 3.18. The lowest BCUT2D eigenvalue weighted by molar-refractivity contribution is 0.0154. The van der Waals surface area contributed by atoms with Crippen LogP contribution in [0.3, 0.4) is 0 Å². The van der Waals surface area contributed by atoms with Gasteiger partial charge in [0.25, 0.3) is 0 Å². The minimum absolute atomic E-state index is 0.188. The van der Waals surface area contributed by atoms with Crippen LogP contribution < -0.4 is 10.6 Å². The Kier molecular flexibility index (Phi) is 4.70. The molecule has 2 atom stereocenters. The van der Waals surface area contributed by atoms with E-state index in [0.29, 0.717) is 30.1 Å². The number of fused-ring (bicyclic) bond motifs is 3. The van der Waals surface area contributed by atoms with Gasteiger partial charge in [-0.25, -0.2) is 8.42 Å². The maximum absolute atomic E-state index is 11.6. The van der Waals surface area contributed by atoms with E-state index in [4.69, 9.17) is 4.99 Å². The van der Waals surface area contributed by atoms with Crippen molar-refractivity contribution in [2.24, 2.45) is 10.9 Å². The van der Waals surface area contributed by atoms with Gasteiger partial charge in [-0.3, -0.25) is 14.8 Å². The molecule has 0 radical (unpaired) electrons. The van der Waals surface area contributed by atoms with Crippen molar-refractivity contribution in [3.8, 4) is 0 Å². The SMILES string of the molecule is O=S1(=O)CCC(CN=C(NCC2CN3CCN2CC3)NC2CC2)C1. The molecular weight excluding hydrogens is 326 g/mol. The summed E-state index contributed by atoms with van der Waals surface area (Å²) in [4.78, 5) is 9.81. The molecule has 136 valence electrons. The van der Waals surface area contributed by atoms with E-state index in [-0.39, 0.29) is 5.92 Å². The predicted molar refractivity (Wildman–Crippen MR) is 95.0 cm³/mol. The number of aliphatic imine (C=N–C) groups is 1. The molecule has 2 N–H and O–H groups in total. The van der Waals surface area contributed by atoms with Gasteiger partial charge in [-0.1, -0.05) is 0 Å². The second-order valence-corrected chi connectivity index (χ2v) is 9.98. The number of nitrogens with one attached hydrogen (secondary N) is 2. The molecule has 4 aliphatic heterocycles. The monoisotopic (exact) mass is 355 g/mol. The highest BCUT2D eigenvalue weighted by molar-refractivity contribution is 7.91. The van der Waals surface area contributed by atoms with Crippen molar-refractivity contribution in [1.29, 1.82) is 0 Å². The molecule has 24 heavy (non-hydrogen) atoms. The fourth-order valence-electron chi connectivity index (χ4n) is 3.94. The molecule has 4 saturated heterocycles. The average molecular weight is 356 g/mol. The first kappa shape index (κ1) is 16.6. The van der Waals surface area contributed by atoms with E-state index in [0.717, 1.165) is 25.5 Å². The van der Waals surface area contributed by atoms with Gasteiger partial charge in [0.1, 0.15) is 0 Å². The van der Waals surface area contributed by atoms with Crippen LogP contribution >= 0.6 is 0 Å². The Balaban J connectivity index is 1.31. The summed E-state index contributed by atoms with van der Waals surface area (Å²) in [5.41, 5.74) is 0. The summed E-state index contributed by atoms with van der Waals surface area (Å²) in [7, 11) is -2.81. The van der Waals surface area contributed by atoms with Crippen LogP contribution in [0.4, 0.5) is 0 Å². The van der Waals surface area contributed by atoms with Gasteiger partial charge in [0.2, 0.25) is 0 Å². The first-order valence-corrected chi connectivity index (χ1v) is 11.1. The van der Waals surface area contributed by atoms with E-state index in [1.165, 1.54) is 39.0 Å². The van der Waals surface area contributed by atoms with Gasteiger partial charge in [-0.15, -0.1) is 0 Å². The highest BCUT2D eigenvalue weighted by Crippen LogP contribution is 2.20. The summed E-state index contributed by atoms with van der Waals surface area (Å²) in [5.74, 6) is 1.70. The van der Waals surface area contributed by atoms with Gasteiger partial charge < -0.3 is 10.6 Å². The molecule has 1 aliphatic carbocycles. The summed E-state index contributed by atoms with van der Waals surface area (Å²) < 4.78 is 23.2. The van der Waals surface area contributed by atoms with Crippen LogP contribution in [0.5, 0.6) is 0 Å². The molecule has 2 unspecified atom stereocenters. The molecule has 0 aromatic rings. The number of hydrogen-bond acceptors (Lipinski definition) is 5. The third-order valence-corrected chi connectivity index (χ3v) is 7.49. The van der Waals surface area contributed by atoms with E-state index in [9.17, 15) is 8.42 Å². The molecule has 1 saturated carbocycles.